The van der Waals surface area contributed by atoms with E-state index in [1.807, 2.05) is 4.90 Å². The summed E-state index contributed by atoms with van der Waals surface area (Å²) in [4.78, 5) is 13.6. The zero-order valence-corrected chi connectivity index (χ0v) is 8.47. The second-order valence-electron chi connectivity index (χ2n) is 4.12. The molecular formula is C9H19N3O. The van der Waals surface area contributed by atoms with Gasteiger partial charge < -0.3 is 16.0 Å². The van der Waals surface area contributed by atoms with Gasteiger partial charge in [-0.15, -0.1) is 0 Å². The Morgan fingerprint density at radius 2 is 2.08 bits per heavy atom. The van der Waals surface area contributed by atoms with Crippen LogP contribution >= 0.6 is 0 Å². The van der Waals surface area contributed by atoms with E-state index in [-0.39, 0.29) is 5.91 Å². The van der Waals surface area contributed by atoms with Crippen LogP contribution in [0.15, 0.2) is 0 Å². The fraction of sp³-hybridized carbons (Fsp3) is 0.889. The monoisotopic (exact) mass is 185 g/mol. The predicted octanol–water partition coefficient (Wildman–Crippen LogP) is -0.454. The maximum Gasteiger partial charge on any atom is 0.242 e. The lowest BCUT2D eigenvalue weighted by atomic mass is 10.1. The third-order valence-corrected chi connectivity index (χ3v) is 2.18. The summed E-state index contributed by atoms with van der Waals surface area (Å²) in [5.74, 6) is 0.0520. The average Bonchev–Trinajstić information content (AvgIpc) is 2.28. The van der Waals surface area contributed by atoms with Crippen LogP contribution in [-0.2, 0) is 4.79 Å². The molecule has 1 rings (SSSR count). The molecule has 0 aromatic carbocycles. The molecule has 0 atom stereocenters. The van der Waals surface area contributed by atoms with Gasteiger partial charge in [-0.1, -0.05) is 0 Å². The van der Waals surface area contributed by atoms with Gasteiger partial charge in [-0.25, -0.2) is 0 Å². The summed E-state index contributed by atoms with van der Waals surface area (Å²) in [5, 5.41) is 3.25. The number of nitrogens with one attached hydrogen (secondary N) is 1. The van der Waals surface area contributed by atoms with Crippen molar-refractivity contribution in [3.05, 3.63) is 0 Å². The van der Waals surface area contributed by atoms with Crippen molar-refractivity contribution in [3.8, 4) is 0 Å². The second kappa shape index (κ2) is 4.07. The van der Waals surface area contributed by atoms with Gasteiger partial charge in [-0.2, -0.15) is 0 Å². The maximum absolute atomic E-state index is 11.7. The van der Waals surface area contributed by atoms with E-state index < -0.39 is 5.54 Å². The van der Waals surface area contributed by atoms with Crippen molar-refractivity contribution in [1.82, 2.24) is 10.2 Å². The van der Waals surface area contributed by atoms with Crippen molar-refractivity contribution < 1.29 is 4.79 Å². The highest BCUT2D eigenvalue weighted by Crippen LogP contribution is 2.05. The molecule has 0 aromatic heterocycles. The molecule has 1 amide bonds. The molecule has 3 N–H and O–H groups in total. The molecule has 0 unspecified atom stereocenters. The number of carbonyl (C=O) groups is 1. The van der Waals surface area contributed by atoms with Gasteiger partial charge in [0.15, 0.2) is 0 Å². The van der Waals surface area contributed by atoms with Gasteiger partial charge in [0.1, 0.15) is 0 Å². The molecule has 1 heterocycles. The van der Waals surface area contributed by atoms with E-state index in [2.05, 4.69) is 5.32 Å². The van der Waals surface area contributed by atoms with Crippen LogP contribution in [0.2, 0.25) is 0 Å². The molecule has 0 aromatic rings. The van der Waals surface area contributed by atoms with E-state index >= 15 is 0 Å². The second-order valence-corrected chi connectivity index (χ2v) is 4.12. The van der Waals surface area contributed by atoms with Crippen LogP contribution in [0.4, 0.5) is 0 Å². The van der Waals surface area contributed by atoms with Gasteiger partial charge in [0.05, 0.1) is 5.54 Å². The first kappa shape index (κ1) is 10.5. The minimum Gasteiger partial charge on any atom is -0.340 e. The standard InChI is InChI=1S/C9H19N3O/c1-9(2,10)8(13)12-6-3-4-11-5-7-12/h11H,3-7,10H2,1-2H3. The normalized spacial score (nSPS) is 19.8. The first-order valence-electron chi connectivity index (χ1n) is 4.81. The van der Waals surface area contributed by atoms with E-state index in [0.29, 0.717) is 0 Å². The highest BCUT2D eigenvalue weighted by Gasteiger charge is 2.27. The van der Waals surface area contributed by atoms with Gasteiger partial charge in [0.2, 0.25) is 5.91 Å². The van der Waals surface area contributed by atoms with E-state index in [1.165, 1.54) is 0 Å². The summed E-state index contributed by atoms with van der Waals surface area (Å²) in [6.45, 7) is 6.99. The highest BCUT2D eigenvalue weighted by molar-refractivity contribution is 5.85. The molecule has 1 fully saturated rings. The van der Waals surface area contributed by atoms with E-state index in [0.717, 1.165) is 32.6 Å². The zero-order valence-electron chi connectivity index (χ0n) is 8.47. The number of nitrogens with zero attached hydrogens (tertiary/aromatic N) is 1. The van der Waals surface area contributed by atoms with Crippen LogP contribution < -0.4 is 11.1 Å². The van der Waals surface area contributed by atoms with Gasteiger partial charge in [-0.05, 0) is 26.8 Å². The summed E-state index contributed by atoms with van der Waals surface area (Å²) in [5.41, 5.74) is 5.02. The lowest BCUT2D eigenvalue weighted by molar-refractivity contribution is -0.135. The molecule has 0 radical (unpaired) electrons. The van der Waals surface area contributed by atoms with Crippen LogP contribution in [0.3, 0.4) is 0 Å². The molecule has 4 heteroatoms. The summed E-state index contributed by atoms with van der Waals surface area (Å²) in [6, 6.07) is 0. The van der Waals surface area contributed by atoms with Gasteiger partial charge in [-0.3, -0.25) is 4.79 Å². The Hall–Kier alpha value is -0.610. The van der Waals surface area contributed by atoms with Crippen molar-refractivity contribution in [2.24, 2.45) is 5.73 Å². The van der Waals surface area contributed by atoms with Crippen molar-refractivity contribution in [3.63, 3.8) is 0 Å². The molecule has 1 aliphatic rings. The van der Waals surface area contributed by atoms with Crippen LogP contribution in [-0.4, -0.2) is 42.5 Å². The van der Waals surface area contributed by atoms with Crippen molar-refractivity contribution in [2.45, 2.75) is 25.8 Å². The fourth-order valence-electron chi connectivity index (χ4n) is 1.46. The first-order valence-corrected chi connectivity index (χ1v) is 4.81. The minimum atomic E-state index is -0.732. The van der Waals surface area contributed by atoms with Crippen molar-refractivity contribution in [1.29, 1.82) is 0 Å². The third-order valence-electron chi connectivity index (χ3n) is 2.18. The van der Waals surface area contributed by atoms with E-state index in [4.69, 9.17) is 5.73 Å². The van der Waals surface area contributed by atoms with Crippen LogP contribution in [0, 0.1) is 0 Å². The quantitative estimate of drug-likeness (QED) is 0.581. The lowest BCUT2D eigenvalue weighted by Crippen LogP contribution is -2.51. The SMILES string of the molecule is CC(C)(N)C(=O)N1CCCNCC1. The Balaban J connectivity index is 2.54. The Bertz CT molecular complexity index is 178. The minimum absolute atomic E-state index is 0.0520. The van der Waals surface area contributed by atoms with Gasteiger partial charge in [0.25, 0.3) is 0 Å². The maximum atomic E-state index is 11.7. The molecule has 1 aliphatic heterocycles. The Kier molecular flexibility index (Phi) is 3.27. The molecule has 76 valence electrons. The molecule has 0 spiro atoms. The number of carbonyl (C=O) groups excluding carboxylic acids is 1. The number of amides is 1. The zero-order chi connectivity index (χ0) is 9.90. The van der Waals surface area contributed by atoms with Crippen molar-refractivity contribution >= 4 is 5.91 Å². The number of hydrogen-bond donors (Lipinski definition) is 2. The summed E-state index contributed by atoms with van der Waals surface area (Å²) in [6.07, 6.45) is 1.02. The molecule has 1 saturated heterocycles. The lowest BCUT2D eigenvalue weighted by Gasteiger charge is -2.27. The Morgan fingerprint density at radius 1 is 1.38 bits per heavy atom. The molecule has 13 heavy (non-hydrogen) atoms. The first-order chi connectivity index (χ1) is 6.02. The summed E-state index contributed by atoms with van der Waals surface area (Å²) < 4.78 is 0. The molecule has 0 bridgehead atoms. The van der Waals surface area contributed by atoms with Gasteiger partial charge >= 0.3 is 0 Å². The largest absolute Gasteiger partial charge is 0.340 e. The predicted molar refractivity (Wildman–Crippen MR) is 52.3 cm³/mol. The number of rotatable bonds is 1. The van der Waals surface area contributed by atoms with Crippen LogP contribution in [0.1, 0.15) is 20.3 Å². The van der Waals surface area contributed by atoms with Crippen LogP contribution in [0.5, 0.6) is 0 Å². The van der Waals surface area contributed by atoms with E-state index in [1.54, 1.807) is 13.8 Å². The molecule has 0 saturated carbocycles. The molecular weight excluding hydrogens is 166 g/mol. The van der Waals surface area contributed by atoms with Gasteiger partial charge in [0, 0.05) is 19.6 Å². The Morgan fingerprint density at radius 3 is 2.69 bits per heavy atom. The third kappa shape index (κ3) is 2.97. The Labute approximate surface area is 79.5 Å². The molecule has 4 nitrogen and oxygen atoms in total. The topological polar surface area (TPSA) is 58.4 Å². The van der Waals surface area contributed by atoms with Crippen molar-refractivity contribution in [2.75, 3.05) is 26.2 Å². The number of nitrogens with two attached hydrogens (primary N) is 1. The van der Waals surface area contributed by atoms with Crippen LogP contribution in [0.25, 0.3) is 0 Å². The summed E-state index contributed by atoms with van der Waals surface area (Å²) >= 11 is 0. The fourth-order valence-corrected chi connectivity index (χ4v) is 1.46. The highest BCUT2D eigenvalue weighted by atomic mass is 16.2. The summed E-state index contributed by atoms with van der Waals surface area (Å²) in [7, 11) is 0. The smallest absolute Gasteiger partial charge is 0.242 e. The van der Waals surface area contributed by atoms with E-state index in [9.17, 15) is 4.79 Å². The average molecular weight is 185 g/mol. The molecule has 0 aliphatic carbocycles. The number of hydrogen-bond acceptors (Lipinski definition) is 3.